The fourth-order valence-corrected chi connectivity index (χ4v) is 1.94. The smallest absolute Gasteiger partial charge is 0.218 e. The SMILES string of the molecule is COc1cccc(N(C=O)c2ccncc2N(C)C)c1. The van der Waals surface area contributed by atoms with Gasteiger partial charge in [-0.1, -0.05) is 6.07 Å². The summed E-state index contributed by atoms with van der Waals surface area (Å²) in [5.74, 6) is 0.704. The number of pyridine rings is 1. The van der Waals surface area contributed by atoms with Crippen molar-refractivity contribution in [1.29, 1.82) is 0 Å². The maximum absolute atomic E-state index is 11.5. The number of methoxy groups -OCH3 is 1. The molecule has 5 nitrogen and oxygen atoms in total. The molecule has 104 valence electrons. The van der Waals surface area contributed by atoms with Gasteiger partial charge in [-0.15, -0.1) is 0 Å². The van der Waals surface area contributed by atoms with Crippen LogP contribution in [0.5, 0.6) is 5.75 Å². The average Bonchev–Trinajstić information content (AvgIpc) is 2.48. The Balaban J connectivity index is 2.49. The van der Waals surface area contributed by atoms with Gasteiger partial charge in [0, 0.05) is 26.4 Å². The van der Waals surface area contributed by atoms with E-state index in [9.17, 15) is 4.79 Å². The van der Waals surface area contributed by atoms with E-state index in [0.717, 1.165) is 23.5 Å². The molecule has 5 heteroatoms. The van der Waals surface area contributed by atoms with Crippen molar-refractivity contribution in [2.75, 3.05) is 31.0 Å². The molecule has 0 spiro atoms. The molecule has 0 saturated heterocycles. The first-order chi connectivity index (χ1) is 9.67. The topological polar surface area (TPSA) is 45.7 Å². The molecule has 1 amide bonds. The normalized spacial score (nSPS) is 9.95. The zero-order valence-corrected chi connectivity index (χ0v) is 11.8. The molecule has 0 bridgehead atoms. The highest BCUT2D eigenvalue weighted by atomic mass is 16.5. The van der Waals surface area contributed by atoms with E-state index in [1.165, 1.54) is 0 Å². The molecule has 20 heavy (non-hydrogen) atoms. The Morgan fingerprint density at radius 2 is 2.00 bits per heavy atom. The minimum Gasteiger partial charge on any atom is -0.497 e. The molecule has 2 rings (SSSR count). The fourth-order valence-electron chi connectivity index (χ4n) is 1.94. The van der Waals surface area contributed by atoms with Crippen LogP contribution in [0.25, 0.3) is 0 Å². The van der Waals surface area contributed by atoms with Gasteiger partial charge in [0.05, 0.1) is 30.4 Å². The third-order valence-electron chi connectivity index (χ3n) is 2.96. The molecule has 2 aromatic rings. The van der Waals surface area contributed by atoms with E-state index in [1.807, 2.05) is 49.3 Å². The maximum atomic E-state index is 11.5. The molecule has 0 aliphatic heterocycles. The molecule has 0 unspecified atom stereocenters. The van der Waals surface area contributed by atoms with Crippen LogP contribution in [-0.4, -0.2) is 32.6 Å². The Morgan fingerprint density at radius 3 is 2.65 bits per heavy atom. The lowest BCUT2D eigenvalue weighted by Gasteiger charge is -2.24. The predicted octanol–water partition coefficient (Wildman–Crippen LogP) is 2.45. The van der Waals surface area contributed by atoms with Crippen molar-refractivity contribution < 1.29 is 9.53 Å². The van der Waals surface area contributed by atoms with Crippen LogP contribution in [0.2, 0.25) is 0 Å². The molecule has 0 fully saturated rings. The molecule has 0 atom stereocenters. The second-order valence-corrected chi connectivity index (χ2v) is 4.44. The Labute approximate surface area is 118 Å². The minimum atomic E-state index is 0.704. The van der Waals surface area contributed by atoms with Crippen LogP contribution in [0, 0.1) is 0 Å². The number of rotatable bonds is 5. The van der Waals surface area contributed by atoms with Gasteiger partial charge in [-0.25, -0.2) is 0 Å². The predicted molar refractivity (Wildman–Crippen MR) is 79.8 cm³/mol. The van der Waals surface area contributed by atoms with Crippen molar-refractivity contribution in [1.82, 2.24) is 4.98 Å². The van der Waals surface area contributed by atoms with Gasteiger partial charge in [0.2, 0.25) is 6.41 Å². The molecular weight excluding hydrogens is 254 g/mol. The van der Waals surface area contributed by atoms with Crippen LogP contribution in [0.4, 0.5) is 17.1 Å². The van der Waals surface area contributed by atoms with Gasteiger partial charge < -0.3 is 9.64 Å². The van der Waals surface area contributed by atoms with E-state index in [-0.39, 0.29) is 0 Å². The number of hydrogen-bond acceptors (Lipinski definition) is 4. The number of hydrogen-bond donors (Lipinski definition) is 0. The van der Waals surface area contributed by atoms with E-state index in [4.69, 9.17) is 4.74 Å². The van der Waals surface area contributed by atoms with E-state index >= 15 is 0 Å². The summed E-state index contributed by atoms with van der Waals surface area (Å²) < 4.78 is 5.20. The first kappa shape index (κ1) is 13.9. The zero-order valence-electron chi connectivity index (χ0n) is 11.8. The number of carbonyl (C=O) groups is 1. The van der Waals surface area contributed by atoms with Gasteiger partial charge in [0.25, 0.3) is 0 Å². The van der Waals surface area contributed by atoms with Gasteiger partial charge >= 0.3 is 0 Å². The zero-order chi connectivity index (χ0) is 14.5. The Morgan fingerprint density at radius 1 is 1.20 bits per heavy atom. The lowest BCUT2D eigenvalue weighted by Crippen LogP contribution is -2.19. The lowest BCUT2D eigenvalue weighted by molar-refractivity contribution is -0.106. The van der Waals surface area contributed by atoms with Crippen molar-refractivity contribution in [2.24, 2.45) is 0 Å². The van der Waals surface area contributed by atoms with E-state index in [2.05, 4.69) is 4.98 Å². The second-order valence-electron chi connectivity index (χ2n) is 4.44. The summed E-state index contributed by atoms with van der Waals surface area (Å²) in [4.78, 5) is 19.1. The Kier molecular flexibility index (Phi) is 4.20. The average molecular weight is 271 g/mol. The molecule has 1 aromatic heterocycles. The van der Waals surface area contributed by atoms with Crippen LogP contribution in [0.3, 0.4) is 0 Å². The molecule has 0 N–H and O–H groups in total. The third kappa shape index (κ3) is 2.71. The number of nitrogens with zero attached hydrogens (tertiary/aromatic N) is 3. The molecule has 1 aromatic carbocycles. The number of carbonyl (C=O) groups excluding carboxylic acids is 1. The van der Waals surface area contributed by atoms with Crippen LogP contribution in [0.1, 0.15) is 0 Å². The van der Waals surface area contributed by atoms with E-state index in [1.54, 1.807) is 24.4 Å². The van der Waals surface area contributed by atoms with E-state index in [0.29, 0.717) is 5.75 Å². The van der Waals surface area contributed by atoms with Crippen molar-refractivity contribution in [3.05, 3.63) is 42.7 Å². The minimum absolute atomic E-state index is 0.704. The standard InChI is InChI=1S/C15H17N3O2/c1-17(2)15-10-16-8-7-14(15)18(11-19)12-5-4-6-13(9-12)20-3/h4-11H,1-3H3. The van der Waals surface area contributed by atoms with Crippen LogP contribution in [-0.2, 0) is 4.79 Å². The number of benzene rings is 1. The van der Waals surface area contributed by atoms with E-state index < -0.39 is 0 Å². The molecule has 0 saturated carbocycles. The number of ether oxygens (including phenoxy) is 1. The van der Waals surface area contributed by atoms with Gasteiger partial charge in [0.15, 0.2) is 0 Å². The Bertz CT molecular complexity index is 599. The number of amides is 1. The summed E-state index contributed by atoms with van der Waals surface area (Å²) in [6.07, 6.45) is 4.18. The molecular formula is C15H17N3O2. The lowest BCUT2D eigenvalue weighted by atomic mass is 10.2. The summed E-state index contributed by atoms with van der Waals surface area (Å²) in [6, 6.07) is 9.17. The van der Waals surface area contributed by atoms with Gasteiger partial charge in [0.1, 0.15) is 5.75 Å². The van der Waals surface area contributed by atoms with Crippen molar-refractivity contribution in [2.45, 2.75) is 0 Å². The molecule has 0 aliphatic rings. The van der Waals surface area contributed by atoms with Gasteiger partial charge in [-0.05, 0) is 18.2 Å². The summed E-state index contributed by atoms with van der Waals surface area (Å²) in [5.41, 5.74) is 2.38. The third-order valence-corrected chi connectivity index (χ3v) is 2.96. The fraction of sp³-hybridized carbons (Fsp3) is 0.200. The first-order valence-electron chi connectivity index (χ1n) is 6.17. The van der Waals surface area contributed by atoms with Gasteiger partial charge in [-0.3, -0.25) is 14.7 Å². The number of aromatic nitrogens is 1. The second kappa shape index (κ2) is 6.06. The monoisotopic (exact) mass is 271 g/mol. The Hall–Kier alpha value is -2.56. The van der Waals surface area contributed by atoms with Gasteiger partial charge in [-0.2, -0.15) is 0 Å². The van der Waals surface area contributed by atoms with Crippen LogP contribution < -0.4 is 14.5 Å². The highest BCUT2D eigenvalue weighted by Gasteiger charge is 2.14. The summed E-state index contributed by atoms with van der Waals surface area (Å²) >= 11 is 0. The first-order valence-corrected chi connectivity index (χ1v) is 6.17. The van der Waals surface area contributed by atoms with Crippen molar-refractivity contribution in [3.8, 4) is 5.75 Å². The van der Waals surface area contributed by atoms with Crippen LogP contribution >= 0.6 is 0 Å². The molecule has 0 radical (unpaired) electrons. The van der Waals surface area contributed by atoms with Crippen molar-refractivity contribution >= 4 is 23.5 Å². The summed E-state index contributed by atoms with van der Waals surface area (Å²) in [7, 11) is 5.42. The summed E-state index contributed by atoms with van der Waals surface area (Å²) in [6.45, 7) is 0. The number of anilines is 3. The van der Waals surface area contributed by atoms with Crippen LogP contribution in [0.15, 0.2) is 42.7 Å². The summed E-state index contributed by atoms with van der Waals surface area (Å²) in [5, 5.41) is 0. The molecule has 0 aliphatic carbocycles. The largest absolute Gasteiger partial charge is 0.497 e. The highest BCUT2D eigenvalue weighted by molar-refractivity contribution is 5.92. The maximum Gasteiger partial charge on any atom is 0.218 e. The quantitative estimate of drug-likeness (QED) is 0.784. The van der Waals surface area contributed by atoms with Crippen molar-refractivity contribution in [3.63, 3.8) is 0 Å². The molecule has 1 heterocycles. The highest BCUT2D eigenvalue weighted by Crippen LogP contribution is 2.32.